The minimum atomic E-state index is -1.25. The summed E-state index contributed by atoms with van der Waals surface area (Å²) < 4.78 is 11.6. The summed E-state index contributed by atoms with van der Waals surface area (Å²) in [6.45, 7) is 0.111. The molecule has 35 heavy (non-hydrogen) atoms. The van der Waals surface area contributed by atoms with E-state index in [2.05, 4.69) is 20.9 Å². The number of benzene rings is 2. The molecule has 1 aliphatic carbocycles. The number of carboxylic acids is 1. The minimum Gasteiger partial charge on any atom is -0.476 e. The van der Waals surface area contributed by atoms with Gasteiger partial charge in [-0.15, -0.1) is 0 Å². The molecule has 4 aromatic rings. The number of aryl methyl sites for hydroxylation is 1. The molecule has 176 valence electrons. The smallest absolute Gasteiger partial charge is 0.414 e. The molecule has 2 amide bonds. The van der Waals surface area contributed by atoms with Gasteiger partial charge in [0, 0.05) is 19.0 Å². The van der Waals surface area contributed by atoms with Crippen LogP contribution in [0, 0.1) is 0 Å². The van der Waals surface area contributed by atoms with E-state index in [9.17, 15) is 19.5 Å². The predicted octanol–water partition coefficient (Wildman–Crippen LogP) is 3.72. The van der Waals surface area contributed by atoms with Gasteiger partial charge in [-0.05, 0) is 22.3 Å². The highest BCUT2D eigenvalue weighted by Crippen LogP contribution is 2.44. The van der Waals surface area contributed by atoms with Gasteiger partial charge < -0.3 is 19.7 Å². The quantitative estimate of drug-likeness (QED) is 0.384. The molecule has 3 N–H and O–H groups in total. The molecule has 0 atom stereocenters. The fourth-order valence-electron chi connectivity index (χ4n) is 4.15. The Morgan fingerprint density at radius 3 is 2.37 bits per heavy atom. The zero-order valence-electron chi connectivity index (χ0n) is 18.4. The Hall–Kier alpha value is -4.93. The number of amides is 2. The standard InChI is InChI=1S/C24H19N5O6/c1-29-21(23(31)32)19(11-25-29)26-22(30)18-10-20(35-28-18)27-24(33)34-12-17-15-8-4-2-6-13(15)14-7-3-5-9-16(14)17/h2-11,17H,12H2,1H3,(H,26,30)(H,27,33)(H,31,32). The molecule has 11 nitrogen and oxygen atoms in total. The molecule has 0 aliphatic heterocycles. The third-order valence-corrected chi connectivity index (χ3v) is 5.70. The Balaban J connectivity index is 1.22. The molecule has 0 saturated carbocycles. The van der Waals surface area contributed by atoms with Gasteiger partial charge in [0.1, 0.15) is 6.61 Å². The van der Waals surface area contributed by atoms with Gasteiger partial charge in [0.25, 0.3) is 5.91 Å². The van der Waals surface area contributed by atoms with Crippen molar-refractivity contribution < 1.29 is 28.8 Å². The second-order valence-corrected chi connectivity index (χ2v) is 7.82. The molecule has 0 saturated heterocycles. The van der Waals surface area contributed by atoms with Crippen molar-refractivity contribution in [1.82, 2.24) is 14.9 Å². The number of nitrogens with one attached hydrogen (secondary N) is 2. The Morgan fingerprint density at radius 2 is 1.71 bits per heavy atom. The SMILES string of the molecule is Cn1ncc(NC(=O)c2cc(NC(=O)OCC3c4ccccc4-c4ccccc43)on2)c1C(=O)O. The van der Waals surface area contributed by atoms with E-state index in [4.69, 9.17) is 9.26 Å². The Kier molecular flexibility index (Phi) is 5.49. The van der Waals surface area contributed by atoms with Crippen LogP contribution in [0.1, 0.15) is 38.0 Å². The molecule has 1 aliphatic rings. The van der Waals surface area contributed by atoms with Crippen molar-refractivity contribution >= 4 is 29.5 Å². The van der Waals surface area contributed by atoms with Crippen LogP contribution in [0.4, 0.5) is 16.4 Å². The number of ether oxygens (including phenoxy) is 1. The molecular formula is C24H19N5O6. The van der Waals surface area contributed by atoms with Crippen LogP contribution in [0.15, 0.2) is 65.3 Å². The van der Waals surface area contributed by atoms with Gasteiger partial charge in [0.2, 0.25) is 5.88 Å². The van der Waals surface area contributed by atoms with Crippen LogP contribution in [0.3, 0.4) is 0 Å². The lowest BCUT2D eigenvalue weighted by Crippen LogP contribution is -2.17. The molecule has 2 heterocycles. The topological polar surface area (TPSA) is 149 Å². The summed E-state index contributed by atoms with van der Waals surface area (Å²) in [4.78, 5) is 36.1. The minimum absolute atomic E-state index is 0.000884. The Morgan fingerprint density at radius 1 is 1.06 bits per heavy atom. The molecule has 0 unspecified atom stereocenters. The first-order valence-electron chi connectivity index (χ1n) is 10.6. The fraction of sp³-hybridized carbons (Fsp3) is 0.125. The van der Waals surface area contributed by atoms with Crippen LogP contribution in [0.2, 0.25) is 0 Å². The van der Waals surface area contributed by atoms with E-state index >= 15 is 0 Å². The van der Waals surface area contributed by atoms with Crippen LogP contribution in [-0.2, 0) is 11.8 Å². The molecule has 0 bridgehead atoms. The van der Waals surface area contributed by atoms with E-state index in [1.807, 2.05) is 48.5 Å². The first-order chi connectivity index (χ1) is 16.9. The van der Waals surface area contributed by atoms with E-state index in [0.29, 0.717) is 0 Å². The Bertz CT molecular complexity index is 1410. The largest absolute Gasteiger partial charge is 0.476 e. The van der Waals surface area contributed by atoms with Crippen molar-refractivity contribution in [2.45, 2.75) is 5.92 Å². The van der Waals surface area contributed by atoms with Crippen LogP contribution in [0.25, 0.3) is 11.1 Å². The average Bonchev–Trinajstić information content (AvgIpc) is 3.54. The lowest BCUT2D eigenvalue weighted by atomic mass is 9.98. The van der Waals surface area contributed by atoms with Gasteiger partial charge in [-0.1, -0.05) is 53.7 Å². The van der Waals surface area contributed by atoms with Gasteiger partial charge in [0.15, 0.2) is 11.4 Å². The number of anilines is 2. The van der Waals surface area contributed by atoms with Crippen molar-refractivity contribution in [1.29, 1.82) is 0 Å². The van der Waals surface area contributed by atoms with Crippen LogP contribution < -0.4 is 10.6 Å². The molecular weight excluding hydrogens is 454 g/mol. The van der Waals surface area contributed by atoms with Crippen LogP contribution >= 0.6 is 0 Å². The lowest BCUT2D eigenvalue weighted by molar-refractivity contribution is 0.0686. The molecule has 0 radical (unpaired) electrons. The molecule has 2 aromatic carbocycles. The summed E-state index contributed by atoms with van der Waals surface area (Å²) in [6.07, 6.45) is 0.437. The zero-order valence-corrected chi connectivity index (χ0v) is 18.4. The number of nitrogens with zero attached hydrogens (tertiary/aromatic N) is 3. The second kappa shape index (κ2) is 8.78. The molecule has 2 aromatic heterocycles. The average molecular weight is 473 g/mol. The molecule has 5 rings (SSSR count). The van der Waals surface area contributed by atoms with Crippen molar-refractivity contribution in [3.8, 4) is 11.1 Å². The summed E-state index contributed by atoms with van der Waals surface area (Å²) in [5, 5.41) is 21.5. The number of fused-ring (bicyclic) bond motifs is 3. The van der Waals surface area contributed by atoms with E-state index in [0.717, 1.165) is 26.9 Å². The molecule has 0 fully saturated rings. The van der Waals surface area contributed by atoms with Crippen LogP contribution in [-0.4, -0.2) is 44.6 Å². The summed E-state index contributed by atoms with van der Waals surface area (Å²) in [6, 6.07) is 17.2. The van der Waals surface area contributed by atoms with Gasteiger partial charge >= 0.3 is 12.1 Å². The van der Waals surface area contributed by atoms with E-state index < -0.39 is 18.0 Å². The van der Waals surface area contributed by atoms with Gasteiger partial charge in [-0.25, -0.2) is 9.59 Å². The third kappa shape index (κ3) is 4.10. The number of carboxylic acid groups (broad SMARTS) is 1. The Labute approximate surface area is 198 Å². The summed E-state index contributed by atoms with van der Waals surface area (Å²) >= 11 is 0. The monoisotopic (exact) mass is 473 g/mol. The fourth-order valence-corrected chi connectivity index (χ4v) is 4.15. The third-order valence-electron chi connectivity index (χ3n) is 5.70. The molecule has 11 heteroatoms. The van der Waals surface area contributed by atoms with E-state index in [-0.39, 0.29) is 35.5 Å². The van der Waals surface area contributed by atoms with E-state index in [1.54, 1.807) is 0 Å². The number of aromatic carboxylic acids is 1. The number of carbonyl (C=O) groups excluding carboxylic acids is 2. The van der Waals surface area contributed by atoms with Crippen molar-refractivity contribution in [3.63, 3.8) is 0 Å². The number of aromatic nitrogens is 3. The van der Waals surface area contributed by atoms with E-state index in [1.165, 1.54) is 19.3 Å². The van der Waals surface area contributed by atoms with Gasteiger partial charge in [-0.3, -0.25) is 14.8 Å². The highest BCUT2D eigenvalue weighted by atomic mass is 16.6. The number of hydrogen-bond acceptors (Lipinski definition) is 7. The van der Waals surface area contributed by atoms with Gasteiger partial charge in [-0.2, -0.15) is 5.10 Å². The maximum absolute atomic E-state index is 12.4. The normalized spacial score (nSPS) is 12.0. The van der Waals surface area contributed by atoms with Crippen molar-refractivity contribution in [2.24, 2.45) is 7.05 Å². The number of rotatable bonds is 6. The number of carbonyl (C=O) groups is 3. The summed E-state index contributed by atoms with van der Waals surface area (Å²) in [7, 11) is 1.44. The van der Waals surface area contributed by atoms with Crippen LogP contribution in [0.5, 0.6) is 0 Å². The van der Waals surface area contributed by atoms with Crippen molar-refractivity contribution in [3.05, 3.63) is 83.3 Å². The first kappa shape index (κ1) is 21.9. The number of hydrogen-bond donors (Lipinski definition) is 3. The maximum atomic E-state index is 12.4. The first-order valence-corrected chi connectivity index (χ1v) is 10.6. The van der Waals surface area contributed by atoms with Crippen molar-refractivity contribution in [2.75, 3.05) is 17.2 Å². The predicted molar refractivity (Wildman–Crippen MR) is 123 cm³/mol. The van der Waals surface area contributed by atoms with Gasteiger partial charge in [0.05, 0.1) is 11.9 Å². The summed E-state index contributed by atoms with van der Waals surface area (Å²) in [5.41, 5.74) is 4.02. The lowest BCUT2D eigenvalue weighted by Gasteiger charge is -2.13. The zero-order chi connectivity index (χ0) is 24.5. The highest BCUT2D eigenvalue weighted by molar-refractivity contribution is 6.06. The molecule has 0 spiro atoms. The highest BCUT2D eigenvalue weighted by Gasteiger charge is 2.29. The maximum Gasteiger partial charge on any atom is 0.414 e. The second-order valence-electron chi connectivity index (χ2n) is 7.82. The summed E-state index contributed by atoms with van der Waals surface area (Å²) in [5.74, 6) is -2.19.